The van der Waals surface area contributed by atoms with Gasteiger partial charge in [0.15, 0.2) is 0 Å². The van der Waals surface area contributed by atoms with Crippen LogP contribution in [0.5, 0.6) is 0 Å². The van der Waals surface area contributed by atoms with Crippen LogP contribution in [0.1, 0.15) is 61.8 Å². The molecule has 3 nitrogen and oxygen atoms in total. The van der Waals surface area contributed by atoms with Gasteiger partial charge in [-0.3, -0.25) is 0 Å². The number of hydrogen-bond acceptors (Lipinski definition) is 3. The number of hydrogen-bond donors (Lipinski definition) is 0. The Morgan fingerprint density at radius 1 is 0.660 bits per heavy atom. The summed E-state index contributed by atoms with van der Waals surface area (Å²) in [5, 5.41) is 3.69. The average molecular weight is 851 g/mol. The van der Waals surface area contributed by atoms with Crippen molar-refractivity contribution in [2.75, 3.05) is 0 Å². The number of aryl methyl sites for hydroxylation is 2. The summed E-state index contributed by atoms with van der Waals surface area (Å²) in [5.74, 6) is 0.978. The van der Waals surface area contributed by atoms with E-state index in [0.717, 1.165) is 50.0 Å². The molecule has 0 bridgehead atoms. The smallest absolute Gasteiger partial charge is 0.121 e. The molecule has 7 rings (SSSR count). The van der Waals surface area contributed by atoms with Gasteiger partial charge < -0.3 is 14.4 Å². The van der Waals surface area contributed by atoms with Crippen molar-refractivity contribution in [2.24, 2.45) is 0 Å². The number of pyridine rings is 2. The van der Waals surface area contributed by atoms with Crippen molar-refractivity contribution in [3.63, 3.8) is 0 Å². The molecule has 0 aliphatic heterocycles. The zero-order chi connectivity index (χ0) is 34.9. The minimum Gasteiger partial charge on any atom is -0.501 e. The number of furan rings is 1. The third-order valence-electron chi connectivity index (χ3n) is 9.19. The van der Waals surface area contributed by atoms with Crippen LogP contribution < -0.4 is 5.19 Å². The second-order valence-electron chi connectivity index (χ2n) is 14.7. The monoisotopic (exact) mass is 851 g/mol. The number of fused-ring (bicyclic) bond motifs is 3. The molecule has 3 aromatic heterocycles. The molecule has 0 N–H and O–H groups in total. The number of benzene rings is 4. The zero-order valence-corrected chi connectivity index (χ0v) is 34.0. The summed E-state index contributed by atoms with van der Waals surface area (Å²) in [4.78, 5) is 9.36. The van der Waals surface area contributed by atoms with Gasteiger partial charge in [-0.05, 0) is 70.6 Å². The predicted octanol–water partition coefficient (Wildman–Crippen LogP) is 12.1. The quantitative estimate of drug-likeness (QED) is 0.124. The van der Waals surface area contributed by atoms with E-state index >= 15 is 0 Å². The fourth-order valence-corrected chi connectivity index (χ4v) is 8.11. The fourth-order valence-electron chi connectivity index (χ4n) is 6.43. The van der Waals surface area contributed by atoms with Gasteiger partial charge in [-0.25, -0.2) is 0 Å². The predicted molar refractivity (Wildman–Crippen MR) is 210 cm³/mol. The van der Waals surface area contributed by atoms with Crippen molar-refractivity contribution in [3.8, 4) is 33.6 Å². The zero-order valence-electron chi connectivity index (χ0n) is 30.6. The van der Waals surface area contributed by atoms with E-state index in [4.69, 9.17) is 9.40 Å². The Balaban J connectivity index is 0.000000211. The van der Waals surface area contributed by atoms with Crippen molar-refractivity contribution in [1.29, 1.82) is 0 Å². The minimum atomic E-state index is -1.34. The molecule has 5 heteroatoms. The first kappa shape index (κ1) is 37.1. The molecule has 1 radical (unpaired) electrons. The van der Waals surface area contributed by atoms with Crippen LogP contribution in [0.2, 0.25) is 19.6 Å². The fraction of sp³-hybridized carbons (Fsp3) is 0.244. The third kappa shape index (κ3) is 7.91. The second kappa shape index (κ2) is 15.4. The number of aromatic nitrogens is 2. The molecular weight excluding hydrogens is 805 g/mol. The first-order chi connectivity index (χ1) is 23.4. The molecule has 0 saturated carbocycles. The third-order valence-corrected chi connectivity index (χ3v) is 11.2. The van der Waals surface area contributed by atoms with Crippen LogP contribution in [-0.2, 0) is 20.1 Å². The van der Waals surface area contributed by atoms with E-state index in [1.807, 2.05) is 30.5 Å². The van der Waals surface area contributed by atoms with Crippen LogP contribution in [-0.4, -0.2) is 18.0 Å². The average Bonchev–Trinajstić information content (AvgIpc) is 3.47. The van der Waals surface area contributed by atoms with Crippen molar-refractivity contribution >= 4 is 35.2 Å². The molecular formula is C45H46IrN2OSi-2. The van der Waals surface area contributed by atoms with Crippen LogP contribution in [0, 0.1) is 26.0 Å². The summed E-state index contributed by atoms with van der Waals surface area (Å²) >= 11 is 0. The van der Waals surface area contributed by atoms with Crippen LogP contribution in [0.25, 0.3) is 55.6 Å². The molecule has 0 saturated heterocycles. The van der Waals surface area contributed by atoms with E-state index in [0.29, 0.717) is 11.8 Å². The Hall–Kier alpha value is -4.15. The number of rotatable bonds is 6. The van der Waals surface area contributed by atoms with Gasteiger partial charge in [-0.1, -0.05) is 118 Å². The van der Waals surface area contributed by atoms with Crippen molar-refractivity contribution in [3.05, 3.63) is 138 Å². The summed E-state index contributed by atoms with van der Waals surface area (Å²) < 4.78 is 6.38. The standard InChI is InChI=1S/C28H24NO.C17H22NSi.Ir/c1-17(2)25-15-26(29-16-19(25)4)24-7-5-6-23-22-13-12-21(14-27(22)30-28(23)24)20-10-8-18(3)9-11-20;1-13(2)15-11-16(14-9-7-6-8-10-14)18-12-17(15)19(3,4)5;/h5-6,8-17H,1-4H3;6-9,11-13H,1-5H3;/q2*-1;. The first-order valence-corrected chi connectivity index (χ1v) is 20.8. The summed E-state index contributed by atoms with van der Waals surface area (Å²) in [6.07, 6.45) is 4.05. The van der Waals surface area contributed by atoms with E-state index < -0.39 is 8.07 Å². The minimum absolute atomic E-state index is 0. The maximum atomic E-state index is 6.38. The van der Waals surface area contributed by atoms with Gasteiger partial charge >= 0.3 is 0 Å². The van der Waals surface area contributed by atoms with E-state index in [1.165, 1.54) is 33.0 Å². The molecule has 7 aromatic rings. The Morgan fingerprint density at radius 3 is 2.00 bits per heavy atom. The van der Waals surface area contributed by atoms with Crippen molar-refractivity contribution in [2.45, 2.75) is 73.0 Å². The molecule has 4 aromatic carbocycles. The maximum absolute atomic E-state index is 6.38. The van der Waals surface area contributed by atoms with E-state index in [1.54, 1.807) is 0 Å². The molecule has 0 atom stereocenters. The van der Waals surface area contributed by atoms with Gasteiger partial charge in [0.1, 0.15) is 5.58 Å². The Labute approximate surface area is 312 Å². The van der Waals surface area contributed by atoms with Gasteiger partial charge in [0.2, 0.25) is 0 Å². The Morgan fingerprint density at radius 2 is 1.34 bits per heavy atom. The molecule has 3 heterocycles. The van der Waals surface area contributed by atoms with E-state index in [2.05, 4.69) is 151 Å². The molecule has 50 heavy (non-hydrogen) atoms. The molecule has 0 aliphatic carbocycles. The molecule has 0 unspecified atom stereocenters. The van der Waals surface area contributed by atoms with Crippen molar-refractivity contribution in [1.82, 2.24) is 9.97 Å². The van der Waals surface area contributed by atoms with Crippen molar-refractivity contribution < 1.29 is 24.5 Å². The van der Waals surface area contributed by atoms with Crippen LogP contribution in [0.4, 0.5) is 0 Å². The molecule has 0 spiro atoms. The van der Waals surface area contributed by atoms with Crippen LogP contribution in [0.15, 0.2) is 108 Å². The van der Waals surface area contributed by atoms with E-state index in [-0.39, 0.29) is 20.1 Å². The first-order valence-electron chi connectivity index (χ1n) is 17.3. The summed E-state index contributed by atoms with van der Waals surface area (Å²) in [7, 11) is -1.34. The molecule has 257 valence electrons. The SMILES string of the molecule is CC(C)c1cc(-c2[c-]cccc2)ncc1[Si](C)(C)C.Cc1ccc(-c2ccc3c(c2)oc2c(-c4cc(C(C)C)c(C)cn4)[c-]ccc23)cc1.[Ir]. The summed E-state index contributed by atoms with van der Waals surface area (Å²) in [6.45, 7) is 20.3. The van der Waals surface area contributed by atoms with E-state index in [9.17, 15) is 0 Å². The topological polar surface area (TPSA) is 38.9 Å². The normalized spacial score (nSPS) is 11.5. The molecule has 0 aliphatic rings. The number of nitrogens with zero attached hydrogens (tertiary/aromatic N) is 2. The largest absolute Gasteiger partial charge is 0.501 e. The molecule has 0 fully saturated rings. The van der Waals surface area contributed by atoms with Gasteiger partial charge in [-0.15, -0.1) is 54.1 Å². The molecule has 0 amide bonds. The summed E-state index contributed by atoms with van der Waals surface area (Å²) in [5.41, 5.74) is 13.2. The van der Waals surface area contributed by atoms with Gasteiger partial charge in [0.05, 0.1) is 13.7 Å². The van der Waals surface area contributed by atoms with Crippen LogP contribution in [0.3, 0.4) is 0 Å². The maximum Gasteiger partial charge on any atom is 0.121 e. The second-order valence-corrected chi connectivity index (χ2v) is 19.7. The van der Waals surface area contributed by atoms with Gasteiger partial charge in [0.25, 0.3) is 0 Å². The summed E-state index contributed by atoms with van der Waals surface area (Å²) in [6, 6.07) is 38.2. The van der Waals surface area contributed by atoms with Gasteiger partial charge in [0, 0.05) is 37.9 Å². The van der Waals surface area contributed by atoms with Crippen LogP contribution >= 0.6 is 0 Å². The van der Waals surface area contributed by atoms with Gasteiger partial charge in [-0.2, -0.15) is 0 Å². The Kier molecular flexibility index (Phi) is 11.4. The Bertz CT molecular complexity index is 2230.